The van der Waals surface area contributed by atoms with Gasteiger partial charge in [0.05, 0.1) is 24.0 Å². The number of nitrogens with one attached hydrogen (secondary N) is 2. The molecular weight excluding hydrogens is 368 g/mol. The average molecular weight is 396 g/mol. The number of hydrogen-bond donors (Lipinski definition) is 2. The minimum atomic E-state index is -0.278. The monoisotopic (exact) mass is 396 g/mol. The van der Waals surface area contributed by atoms with Gasteiger partial charge in [0.1, 0.15) is 5.75 Å². The van der Waals surface area contributed by atoms with Crippen molar-refractivity contribution in [3.05, 3.63) is 59.7 Å². The molecule has 1 saturated heterocycles. The van der Waals surface area contributed by atoms with Crippen LogP contribution in [0.15, 0.2) is 48.5 Å². The van der Waals surface area contributed by atoms with Crippen LogP contribution in [0.5, 0.6) is 5.75 Å². The van der Waals surface area contributed by atoms with Crippen LogP contribution in [0.2, 0.25) is 0 Å². The molecule has 0 bridgehead atoms. The molecule has 1 heterocycles. The lowest BCUT2D eigenvalue weighted by atomic mass is 10.1. The molecule has 0 unspecified atom stereocenters. The van der Waals surface area contributed by atoms with E-state index in [9.17, 15) is 9.59 Å². The first-order valence-corrected chi connectivity index (χ1v) is 10.1. The zero-order chi connectivity index (χ0) is 20.6. The van der Waals surface area contributed by atoms with E-state index in [1.807, 2.05) is 0 Å². The van der Waals surface area contributed by atoms with Gasteiger partial charge in [-0.2, -0.15) is 0 Å². The Labute approximate surface area is 171 Å². The highest BCUT2D eigenvalue weighted by molar-refractivity contribution is 6.09. The lowest BCUT2D eigenvalue weighted by molar-refractivity contribution is 0.0858. The van der Waals surface area contributed by atoms with E-state index < -0.39 is 0 Å². The molecular formula is C23H28N2O4. The number of anilines is 1. The Morgan fingerprint density at radius 2 is 1.86 bits per heavy atom. The lowest BCUT2D eigenvalue weighted by Gasteiger charge is -2.14. The van der Waals surface area contributed by atoms with Gasteiger partial charge in [-0.1, -0.05) is 26.0 Å². The summed E-state index contributed by atoms with van der Waals surface area (Å²) in [5, 5.41) is 5.73. The van der Waals surface area contributed by atoms with Crippen LogP contribution < -0.4 is 15.4 Å². The fraction of sp³-hybridized carbons (Fsp3) is 0.391. The van der Waals surface area contributed by atoms with E-state index in [2.05, 4.69) is 24.5 Å². The second-order valence-electron chi connectivity index (χ2n) is 7.57. The van der Waals surface area contributed by atoms with E-state index in [1.165, 1.54) is 0 Å². The van der Waals surface area contributed by atoms with Crippen molar-refractivity contribution >= 4 is 17.5 Å². The summed E-state index contributed by atoms with van der Waals surface area (Å²) < 4.78 is 11.2. The van der Waals surface area contributed by atoms with Crippen molar-refractivity contribution in [2.45, 2.75) is 32.8 Å². The van der Waals surface area contributed by atoms with Gasteiger partial charge in [-0.05, 0) is 55.2 Å². The summed E-state index contributed by atoms with van der Waals surface area (Å²) >= 11 is 0. The van der Waals surface area contributed by atoms with Crippen molar-refractivity contribution in [3.63, 3.8) is 0 Å². The van der Waals surface area contributed by atoms with Crippen LogP contribution in [0, 0.1) is 5.92 Å². The van der Waals surface area contributed by atoms with E-state index in [0.717, 1.165) is 25.2 Å². The summed E-state index contributed by atoms with van der Waals surface area (Å²) in [5.74, 6) is 0.652. The lowest BCUT2D eigenvalue weighted by Crippen LogP contribution is -2.32. The van der Waals surface area contributed by atoms with Gasteiger partial charge in [0.25, 0.3) is 11.8 Å². The molecule has 154 valence electrons. The third-order valence-electron chi connectivity index (χ3n) is 4.63. The Morgan fingerprint density at radius 1 is 1.10 bits per heavy atom. The highest BCUT2D eigenvalue weighted by Crippen LogP contribution is 2.19. The number of carbonyl (C=O) groups is 2. The summed E-state index contributed by atoms with van der Waals surface area (Å²) in [6, 6.07) is 14.0. The summed E-state index contributed by atoms with van der Waals surface area (Å²) in [7, 11) is 0. The predicted molar refractivity (Wildman–Crippen MR) is 112 cm³/mol. The molecule has 3 rings (SSSR count). The fourth-order valence-corrected chi connectivity index (χ4v) is 3.06. The van der Waals surface area contributed by atoms with Gasteiger partial charge in [-0.15, -0.1) is 0 Å². The van der Waals surface area contributed by atoms with Crippen LogP contribution in [0.25, 0.3) is 0 Å². The molecule has 2 aromatic carbocycles. The number of rotatable bonds is 8. The number of amides is 2. The third kappa shape index (κ3) is 6.06. The van der Waals surface area contributed by atoms with Crippen molar-refractivity contribution in [3.8, 4) is 5.75 Å². The van der Waals surface area contributed by atoms with Gasteiger partial charge < -0.3 is 20.1 Å². The van der Waals surface area contributed by atoms with Crippen LogP contribution in [-0.2, 0) is 4.74 Å². The second-order valence-corrected chi connectivity index (χ2v) is 7.57. The molecule has 29 heavy (non-hydrogen) atoms. The molecule has 2 aromatic rings. The molecule has 6 heteroatoms. The van der Waals surface area contributed by atoms with Crippen LogP contribution in [0.1, 0.15) is 47.4 Å². The largest absolute Gasteiger partial charge is 0.493 e. The Morgan fingerprint density at radius 3 is 2.55 bits per heavy atom. The van der Waals surface area contributed by atoms with E-state index in [4.69, 9.17) is 9.47 Å². The van der Waals surface area contributed by atoms with Gasteiger partial charge >= 0.3 is 0 Å². The molecule has 0 spiro atoms. The number of hydrogen-bond acceptors (Lipinski definition) is 4. The quantitative estimate of drug-likeness (QED) is 0.710. The van der Waals surface area contributed by atoms with Crippen molar-refractivity contribution in [1.82, 2.24) is 5.32 Å². The van der Waals surface area contributed by atoms with Gasteiger partial charge in [-0.25, -0.2) is 0 Å². The maximum absolute atomic E-state index is 12.6. The van der Waals surface area contributed by atoms with Gasteiger partial charge in [0, 0.05) is 18.7 Å². The highest BCUT2D eigenvalue weighted by atomic mass is 16.5. The molecule has 0 radical (unpaired) electrons. The molecule has 2 N–H and O–H groups in total. The molecule has 0 aromatic heterocycles. The number of carbonyl (C=O) groups excluding carboxylic acids is 2. The van der Waals surface area contributed by atoms with Crippen molar-refractivity contribution in [2.75, 3.05) is 25.1 Å². The molecule has 0 saturated carbocycles. The maximum Gasteiger partial charge on any atom is 0.255 e. The van der Waals surface area contributed by atoms with E-state index >= 15 is 0 Å². The highest BCUT2D eigenvalue weighted by Gasteiger charge is 2.18. The summed E-state index contributed by atoms with van der Waals surface area (Å²) in [4.78, 5) is 25.2. The standard InChI is InChI=1S/C23H28N2O4/c1-16(2)15-29-18-11-9-17(10-12-18)22(26)25-21-8-4-3-7-20(21)23(27)24-14-19-6-5-13-28-19/h3-4,7-12,16,19H,5-6,13-15H2,1-2H3,(H,24,27)(H,25,26)/t19-/m1/s1. The molecule has 1 atom stereocenters. The first-order chi connectivity index (χ1) is 14.0. The number of ether oxygens (including phenoxy) is 2. The summed E-state index contributed by atoms with van der Waals surface area (Å²) in [5.41, 5.74) is 1.40. The van der Waals surface area contributed by atoms with E-state index in [0.29, 0.717) is 35.9 Å². The Kier molecular flexibility index (Phi) is 7.25. The smallest absolute Gasteiger partial charge is 0.255 e. The topological polar surface area (TPSA) is 76.7 Å². The first-order valence-electron chi connectivity index (χ1n) is 10.1. The van der Waals surface area contributed by atoms with E-state index in [1.54, 1.807) is 48.5 Å². The SMILES string of the molecule is CC(C)COc1ccc(C(=O)Nc2ccccc2C(=O)NC[C@H]2CCCO2)cc1. The van der Waals surface area contributed by atoms with Crippen molar-refractivity contribution in [2.24, 2.45) is 5.92 Å². The van der Waals surface area contributed by atoms with Gasteiger partial charge in [0.15, 0.2) is 0 Å². The number of benzene rings is 2. The second kappa shape index (κ2) is 10.1. The fourth-order valence-electron chi connectivity index (χ4n) is 3.06. The zero-order valence-corrected chi connectivity index (χ0v) is 16.9. The minimum absolute atomic E-state index is 0.0668. The maximum atomic E-state index is 12.6. The van der Waals surface area contributed by atoms with E-state index in [-0.39, 0.29) is 17.9 Å². The molecule has 2 amide bonds. The van der Waals surface area contributed by atoms with Crippen LogP contribution in [0.4, 0.5) is 5.69 Å². The summed E-state index contributed by atoms with van der Waals surface area (Å²) in [6.07, 6.45) is 2.04. The molecule has 0 aliphatic carbocycles. The predicted octanol–water partition coefficient (Wildman–Crippen LogP) is 3.88. The third-order valence-corrected chi connectivity index (χ3v) is 4.63. The minimum Gasteiger partial charge on any atom is -0.493 e. The van der Waals surface area contributed by atoms with Gasteiger partial charge in [0.2, 0.25) is 0 Å². The Bertz CT molecular complexity index is 827. The molecule has 1 aliphatic rings. The first kappa shape index (κ1) is 20.9. The van der Waals surface area contributed by atoms with Crippen LogP contribution >= 0.6 is 0 Å². The van der Waals surface area contributed by atoms with Gasteiger partial charge in [-0.3, -0.25) is 9.59 Å². The zero-order valence-electron chi connectivity index (χ0n) is 16.9. The van der Waals surface area contributed by atoms with Crippen molar-refractivity contribution < 1.29 is 19.1 Å². The molecule has 1 fully saturated rings. The van der Waals surface area contributed by atoms with Crippen molar-refractivity contribution in [1.29, 1.82) is 0 Å². The average Bonchev–Trinajstić information content (AvgIpc) is 3.25. The van der Waals surface area contributed by atoms with Crippen LogP contribution in [-0.4, -0.2) is 37.7 Å². The molecule has 6 nitrogen and oxygen atoms in total. The Balaban J connectivity index is 1.62. The summed E-state index contributed by atoms with van der Waals surface area (Å²) in [6.45, 7) is 6.00. The number of para-hydroxylation sites is 1. The normalized spacial score (nSPS) is 15.9. The molecule has 1 aliphatic heterocycles. The van der Waals surface area contributed by atoms with Crippen LogP contribution in [0.3, 0.4) is 0 Å². The Hall–Kier alpha value is -2.86.